The maximum Gasteiger partial charge on any atom is 0.269 e. The van der Waals surface area contributed by atoms with Gasteiger partial charge in [-0.1, -0.05) is 90.0 Å². The molecule has 32 heavy (non-hydrogen) atoms. The van der Waals surface area contributed by atoms with Gasteiger partial charge in [-0.2, -0.15) is 5.90 Å². The zero-order chi connectivity index (χ0) is 22.6. The summed E-state index contributed by atoms with van der Waals surface area (Å²) in [6.45, 7) is 0. The molecular formula is C26H22N2O4. The lowest BCUT2D eigenvalue weighted by Gasteiger charge is -1.99. The van der Waals surface area contributed by atoms with Crippen molar-refractivity contribution >= 4 is 30.0 Å². The summed E-state index contributed by atoms with van der Waals surface area (Å²) < 4.78 is 0. The number of nitrogens with zero attached hydrogens (tertiary/aromatic N) is 1. The number of hydrogen-bond donors (Lipinski definition) is 1. The van der Waals surface area contributed by atoms with Crippen LogP contribution in [0, 0.1) is 10.1 Å². The SMILES string of the molecule is NOOc1ccc(C=CC=Cc2ccc(C=CC=Cc3ccc([N+](=O)[O-])cc3)cc2)cc1. The molecule has 6 heteroatoms. The van der Waals surface area contributed by atoms with Gasteiger partial charge in [-0.25, -0.2) is 0 Å². The van der Waals surface area contributed by atoms with Crippen LogP contribution in [0.5, 0.6) is 5.75 Å². The smallest absolute Gasteiger partial charge is 0.269 e. The van der Waals surface area contributed by atoms with Gasteiger partial charge < -0.3 is 4.89 Å². The van der Waals surface area contributed by atoms with Gasteiger partial charge in [0.2, 0.25) is 0 Å². The number of non-ortho nitro benzene ring substituents is 1. The fourth-order valence-corrected chi connectivity index (χ4v) is 2.78. The molecule has 0 spiro atoms. The Balaban J connectivity index is 1.50. The first kappa shape index (κ1) is 22.4. The highest BCUT2D eigenvalue weighted by molar-refractivity contribution is 5.61. The van der Waals surface area contributed by atoms with Crippen molar-refractivity contribution in [2.24, 2.45) is 5.90 Å². The lowest BCUT2D eigenvalue weighted by Crippen LogP contribution is -2.02. The zero-order valence-electron chi connectivity index (χ0n) is 17.2. The molecular weight excluding hydrogens is 404 g/mol. The minimum Gasteiger partial charge on any atom is -0.320 e. The van der Waals surface area contributed by atoms with E-state index in [1.54, 1.807) is 24.3 Å². The fourth-order valence-electron chi connectivity index (χ4n) is 2.78. The number of nitro benzene ring substituents is 1. The summed E-state index contributed by atoms with van der Waals surface area (Å²) in [4.78, 5) is 19.1. The number of hydrogen-bond acceptors (Lipinski definition) is 5. The minimum absolute atomic E-state index is 0.0879. The third-order valence-electron chi connectivity index (χ3n) is 4.44. The number of benzene rings is 3. The van der Waals surface area contributed by atoms with E-state index < -0.39 is 4.92 Å². The summed E-state index contributed by atoms with van der Waals surface area (Å²) >= 11 is 0. The number of nitro groups is 1. The third kappa shape index (κ3) is 7.21. The lowest BCUT2D eigenvalue weighted by atomic mass is 10.1. The van der Waals surface area contributed by atoms with Crippen molar-refractivity contribution in [3.05, 3.63) is 129 Å². The predicted octanol–water partition coefficient (Wildman–Crippen LogP) is 6.23. The van der Waals surface area contributed by atoms with Gasteiger partial charge in [0.1, 0.15) is 0 Å². The summed E-state index contributed by atoms with van der Waals surface area (Å²) in [6.07, 6.45) is 15.7. The van der Waals surface area contributed by atoms with Crippen LogP contribution in [0.2, 0.25) is 0 Å². The first-order valence-electron chi connectivity index (χ1n) is 9.81. The Bertz CT molecular complexity index is 1130. The predicted molar refractivity (Wildman–Crippen MR) is 128 cm³/mol. The van der Waals surface area contributed by atoms with Crippen LogP contribution in [0.4, 0.5) is 5.69 Å². The zero-order valence-corrected chi connectivity index (χ0v) is 17.2. The average molecular weight is 426 g/mol. The van der Waals surface area contributed by atoms with Gasteiger partial charge >= 0.3 is 0 Å². The molecule has 0 aliphatic carbocycles. The normalized spacial score (nSPS) is 11.8. The molecule has 3 rings (SSSR count). The quantitative estimate of drug-likeness (QED) is 0.190. The Morgan fingerprint density at radius 2 is 0.969 bits per heavy atom. The maximum absolute atomic E-state index is 10.7. The minimum atomic E-state index is -0.406. The highest BCUT2D eigenvalue weighted by Gasteiger charge is 2.01. The van der Waals surface area contributed by atoms with Crippen LogP contribution in [-0.4, -0.2) is 4.92 Å². The van der Waals surface area contributed by atoms with Crippen LogP contribution in [0.15, 0.2) is 97.1 Å². The van der Waals surface area contributed by atoms with Gasteiger partial charge in [0.25, 0.3) is 5.69 Å². The second-order valence-corrected chi connectivity index (χ2v) is 6.70. The van der Waals surface area contributed by atoms with E-state index in [0.717, 1.165) is 22.3 Å². The molecule has 0 atom stereocenters. The highest BCUT2D eigenvalue weighted by atomic mass is 17.3. The summed E-state index contributed by atoms with van der Waals surface area (Å²) in [5, 5.41) is 10.7. The monoisotopic (exact) mass is 426 g/mol. The van der Waals surface area contributed by atoms with E-state index in [-0.39, 0.29) is 5.69 Å². The molecule has 0 aliphatic heterocycles. The number of allylic oxidation sites excluding steroid dienone is 4. The molecule has 0 aromatic heterocycles. The molecule has 6 nitrogen and oxygen atoms in total. The topological polar surface area (TPSA) is 87.6 Å². The van der Waals surface area contributed by atoms with Gasteiger partial charge in [0, 0.05) is 12.1 Å². The second kappa shape index (κ2) is 11.8. The Hall–Kier alpha value is -4.26. The van der Waals surface area contributed by atoms with Crippen molar-refractivity contribution < 1.29 is 14.8 Å². The Morgan fingerprint density at radius 3 is 1.31 bits per heavy atom. The summed E-state index contributed by atoms with van der Waals surface area (Å²) in [5.41, 5.74) is 4.20. The Labute approximate surface area is 186 Å². The van der Waals surface area contributed by atoms with Crippen LogP contribution in [0.3, 0.4) is 0 Å². The van der Waals surface area contributed by atoms with E-state index in [9.17, 15) is 10.1 Å². The first-order chi connectivity index (χ1) is 15.6. The Morgan fingerprint density at radius 1 is 0.625 bits per heavy atom. The molecule has 0 fully saturated rings. The van der Waals surface area contributed by atoms with E-state index in [1.165, 1.54) is 12.1 Å². The molecule has 3 aromatic carbocycles. The van der Waals surface area contributed by atoms with Crippen molar-refractivity contribution in [3.8, 4) is 5.75 Å². The molecule has 160 valence electrons. The standard InChI is InChI=1S/C26H22N2O4/c27-32-31-26-19-15-24(16-20-26)8-4-2-6-22-11-9-21(10-12-22)5-1-3-7-23-13-17-25(18-14-23)28(29)30/h1-20H,27H2. The Kier molecular flexibility index (Phi) is 8.27. The summed E-state index contributed by atoms with van der Waals surface area (Å²) in [6, 6.07) is 21.9. The van der Waals surface area contributed by atoms with E-state index >= 15 is 0 Å². The van der Waals surface area contributed by atoms with Gasteiger partial charge in [-0.05, 0) is 46.5 Å². The molecule has 0 bridgehead atoms. The maximum atomic E-state index is 10.7. The molecule has 0 amide bonds. The lowest BCUT2D eigenvalue weighted by molar-refractivity contribution is -0.384. The molecule has 0 saturated carbocycles. The average Bonchev–Trinajstić information content (AvgIpc) is 2.82. The van der Waals surface area contributed by atoms with Crippen LogP contribution < -0.4 is 10.8 Å². The van der Waals surface area contributed by atoms with Gasteiger partial charge in [0.05, 0.1) is 4.92 Å². The summed E-state index contributed by atoms with van der Waals surface area (Å²) in [5.74, 6) is 5.39. The van der Waals surface area contributed by atoms with Crippen molar-refractivity contribution in [1.29, 1.82) is 0 Å². The van der Waals surface area contributed by atoms with Crippen molar-refractivity contribution in [1.82, 2.24) is 0 Å². The molecule has 0 heterocycles. The molecule has 0 unspecified atom stereocenters. The van der Waals surface area contributed by atoms with E-state index in [4.69, 9.17) is 10.8 Å². The molecule has 0 radical (unpaired) electrons. The van der Waals surface area contributed by atoms with Crippen LogP contribution >= 0.6 is 0 Å². The molecule has 0 aliphatic rings. The highest BCUT2D eigenvalue weighted by Crippen LogP contribution is 2.14. The van der Waals surface area contributed by atoms with Crippen LogP contribution in [0.1, 0.15) is 22.3 Å². The van der Waals surface area contributed by atoms with Gasteiger partial charge in [-0.3, -0.25) is 10.1 Å². The van der Waals surface area contributed by atoms with Crippen LogP contribution in [0.25, 0.3) is 24.3 Å². The van der Waals surface area contributed by atoms with Crippen molar-refractivity contribution in [2.45, 2.75) is 0 Å². The van der Waals surface area contributed by atoms with Gasteiger partial charge in [-0.15, -0.1) is 0 Å². The van der Waals surface area contributed by atoms with Gasteiger partial charge in [0.15, 0.2) is 5.75 Å². The van der Waals surface area contributed by atoms with Crippen molar-refractivity contribution in [3.63, 3.8) is 0 Å². The van der Waals surface area contributed by atoms with E-state index in [0.29, 0.717) is 5.75 Å². The van der Waals surface area contributed by atoms with E-state index in [1.807, 2.05) is 85.0 Å². The van der Waals surface area contributed by atoms with E-state index in [2.05, 4.69) is 4.99 Å². The fraction of sp³-hybridized carbons (Fsp3) is 0. The largest absolute Gasteiger partial charge is 0.320 e. The second-order valence-electron chi connectivity index (χ2n) is 6.70. The third-order valence-corrected chi connectivity index (χ3v) is 4.44. The molecule has 0 saturated heterocycles. The molecule has 3 aromatic rings. The number of nitrogens with two attached hydrogens (primary N) is 1. The van der Waals surface area contributed by atoms with Crippen molar-refractivity contribution in [2.75, 3.05) is 0 Å². The first-order valence-corrected chi connectivity index (χ1v) is 9.81. The molecule has 2 N–H and O–H groups in total. The summed E-state index contributed by atoms with van der Waals surface area (Å²) in [7, 11) is 0. The van der Waals surface area contributed by atoms with Crippen LogP contribution in [-0.2, 0) is 4.99 Å². The number of rotatable bonds is 9.